The van der Waals surface area contributed by atoms with Crippen LogP contribution in [0.4, 0.5) is 4.39 Å². The highest BCUT2D eigenvalue weighted by Crippen LogP contribution is 2.18. The van der Waals surface area contributed by atoms with Gasteiger partial charge in [-0.15, -0.1) is 0 Å². The number of carbonyl (C=O) groups is 1. The van der Waals surface area contributed by atoms with Gasteiger partial charge in [0.05, 0.1) is 0 Å². The molecule has 4 heteroatoms. The number of carbonyl (C=O) groups excluding carboxylic acids is 1. The van der Waals surface area contributed by atoms with Crippen molar-refractivity contribution in [1.29, 1.82) is 0 Å². The molecular weight excluding hydrogens is 217 g/mol. The Hall–Kier alpha value is -1.09. The van der Waals surface area contributed by atoms with Gasteiger partial charge in [0.2, 0.25) is 5.91 Å². The first kappa shape index (κ1) is 10.4. The Morgan fingerprint density at radius 1 is 1.53 bits per heavy atom. The molecule has 0 aliphatic carbocycles. The lowest BCUT2D eigenvalue weighted by atomic mass is 10.0. The fourth-order valence-electron chi connectivity index (χ4n) is 1.78. The summed E-state index contributed by atoms with van der Waals surface area (Å²) >= 11 is 5.65. The zero-order chi connectivity index (χ0) is 10.8. The molecule has 0 bridgehead atoms. The predicted molar refractivity (Wildman–Crippen MR) is 56.3 cm³/mol. The number of halogens is 2. The minimum absolute atomic E-state index is 0.0503. The lowest BCUT2D eigenvalue weighted by Gasteiger charge is -2.10. The normalized spacial score (nSPS) is 20.4. The number of hydrogen-bond acceptors (Lipinski definition) is 1. The van der Waals surface area contributed by atoms with Crippen LogP contribution in [0, 0.1) is 5.82 Å². The number of hydrogen-bond donors (Lipinski definition) is 1. The zero-order valence-corrected chi connectivity index (χ0v) is 8.85. The predicted octanol–water partition coefficient (Wildman–Crippen LogP) is 2.30. The van der Waals surface area contributed by atoms with Crippen molar-refractivity contribution in [3.05, 3.63) is 34.6 Å². The van der Waals surface area contributed by atoms with Gasteiger partial charge in [0.15, 0.2) is 0 Å². The van der Waals surface area contributed by atoms with Gasteiger partial charge in [0.1, 0.15) is 5.82 Å². The quantitative estimate of drug-likeness (QED) is 0.825. The second kappa shape index (κ2) is 4.19. The lowest BCUT2D eigenvalue weighted by molar-refractivity contribution is -0.119. The Morgan fingerprint density at radius 3 is 2.93 bits per heavy atom. The van der Waals surface area contributed by atoms with Crippen molar-refractivity contribution >= 4 is 17.5 Å². The Kier molecular flexibility index (Phi) is 2.91. The van der Waals surface area contributed by atoms with E-state index in [1.54, 1.807) is 12.1 Å². The van der Waals surface area contributed by atoms with E-state index in [-0.39, 0.29) is 17.8 Å². The first-order valence-corrected chi connectivity index (χ1v) is 5.26. The summed E-state index contributed by atoms with van der Waals surface area (Å²) in [5, 5.41) is 3.20. The van der Waals surface area contributed by atoms with Gasteiger partial charge in [0, 0.05) is 17.5 Å². The number of amides is 1. The van der Waals surface area contributed by atoms with E-state index in [1.165, 1.54) is 6.07 Å². The minimum Gasteiger partial charge on any atom is -0.353 e. The fourth-order valence-corrected chi connectivity index (χ4v) is 1.94. The molecule has 1 amide bonds. The van der Waals surface area contributed by atoms with E-state index in [0.29, 0.717) is 23.4 Å². The average molecular weight is 228 g/mol. The molecule has 1 aliphatic rings. The van der Waals surface area contributed by atoms with Crippen LogP contribution in [0.25, 0.3) is 0 Å². The summed E-state index contributed by atoms with van der Waals surface area (Å²) in [7, 11) is 0. The van der Waals surface area contributed by atoms with E-state index >= 15 is 0 Å². The summed E-state index contributed by atoms with van der Waals surface area (Å²) in [5.41, 5.74) is 0.603. The third kappa shape index (κ3) is 2.48. The highest BCUT2D eigenvalue weighted by atomic mass is 35.5. The largest absolute Gasteiger partial charge is 0.353 e. The van der Waals surface area contributed by atoms with Crippen LogP contribution in [0.1, 0.15) is 18.4 Å². The molecule has 1 N–H and O–H groups in total. The number of nitrogens with one attached hydrogen (secondary N) is 1. The van der Waals surface area contributed by atoms with Gasteiger partial charge >= 0.3 is 0 Å². The van der Waals surface area contributed by atoms with Gasteiger partial charge < -0.3 is 5.32 Å². The van der Waals surface area contributed by atoms with Gasteiger partial charge in [0.25, 0.3) is 0 Å². The van der Waals surface area contributed by atoms with Crippen LogP contribution in [0.2, 0.25) is 5.02 Å². The number of rotatable bonds is 2. The van der Waals surface area contributed by atoms with Crippen molar-refractivity contribution < 1.29 is 9.18 Å². The maximum Gasteiger partial charge on any atom is 0.220 e. The van der Waals surface area contributed by atoms with Crippen molar-refractivity contribution in [2.45, 2.75) is 25.3 Å². The second-order valence-electron chi connectivity index (χ2n) is 3.74. The zero-order valence-electron chi connectivity index (χ0n) is 8.09. The van der Waals surface area contributed by atoms with Gasteiger partial charge in [-0.2, -0.15) is 0 Å². The van der Waals surface area contributed by atoms with Crippen LogP contribution in [0.15, 0.2) is 18.2 Å². The molecule has 1 fully saturated rings. The molecule has 2 nitrogen and oxygen atoms in total. The maximum atomic E-state index is 13.4. The summed E-state index contributed by atoms with van der Waals surface area (Å²) in [6.07, 6.45) is 1.86. The fraction of sp³-hybridized carbons (Fsp3) is 0.364. The number of benzene rings is 1. The van der Waals surface area contributed by atoms with Crippen molar-refractivity contribution in [3.8, 4) is 0 Å². The van der Waals surface area contributed by atoms with E-state index in [1.807, 2.05) is 0 Å². The molecule has 1 heterocycles. The van der Waals surface area contributed by atoms with Crippen LogP contribution >= 0.6 is 11.6 Å². The van der Waals surface area contributed by atoms with Crippen LogP contribution < -0.4 is 5.32 Å². The van der Waals surface area contributed by atoms with Crippen molar-refractivity contribution in [2.24, 2.45) is 0 Å². The van der Waals surface area contributed by atoms with Crippen LogP contribution in [0.5, 0.6) is 0 Å². The Morgan fingerprint density at radius 2 is 2.33 bits per heavy atom. The SMILES string of the molecule is O=C1CCC(Cc2ccc(Cl)cc2F)N1. The van der Waals surface area contributed by atoms with Crippen LogP contribution in [-0.2, 0) is 11.2 Å². The Labute approximate surface area is 92.4 Å². The van der Waals surface area contributed by atoms with Crippen LogP contribution in [0.3, 0.4) is 0 Å². The third-order valence-electron chi connectivity index (χ3n) is 2.57. The van der Waals surface area contributed by atoms with Gasteiger partial charge in [-0.25, -0.2) is 4.39 Å². The molecule has 2 rings (SSSR count). The summed E-state index contributed by atoms with van der Waals surface area (Å²) in [6.45, 7) is 0. The Bertz CT molecular complexity index is 394. The average Bonchev–Trinajstić information content (AvgIpc) is 2.56. The molecule has 0 saturated carbocycles. The molecule has 0 radical (unpaired) electrons. The molecule has 1 aliphatic heterocycles. The first-order valence-electron chi connectivity index (χ1n) is 4.88. The van der Waals surface area contributed by atoms with E-state index in [2.05, 4.69) is 5.32 Å². The molecule has 15 heavy (non-hydrogen) atoms. The van der Waals surface area contributed by atoms with Gasteiger partial charge in [-0.3, -0.25) is 4.79 Å². The summed E-state index contributed by atoms with van der Waals surface area (Å²) < 4.78 is 13.4. The van der Waals surface area contributed by atoms with Gasteiger partial charge in [-0.05, 0) is 30.5 Å². The van der Waals surface area contributed by atoms with Gasteiger partial charge in [-0.1, -0.05) is 17.7 Å². The lowest BCUT2D eigenvalue weighted by Crippen LogP contribution is -2.27. The summed E-state index contributed by atoms with van der Waals surface area (Å²) in [6, 6.07) is 4.69. The summed E-state index contributed by atoms with van der Waals surface area (Å²) in [4.78, 5) is 11.0. The molecule has 80 valence electrons. The second-order valence-corrected chi connectivity index (χ2v) is 4.18. The minimum atomic E-state index is -0.302. The molecule has 1 atom stereocenters. The molecule has 0 aromatic heterocycles. The van der Waals surface area contributed by atoms with Crippen molar-refractivity contribution in [3.63, 3.8) is 0 Å². The molecule has 1 saturated heterocycles. The molecule has 1 aromatic rings. The highest BCUT2D eigenvalue weighted by Gasteiger charge is 2.21. The van der Waals surface area contributed by atoms with E-state index in [4.69, 9.17) is 11.6 Å². The van der Waals surface area contributed by atoms with E-state index in [0.717, 1.165) is 6.42 Å². The Balaban J connectivity index is 2.07. The molecular formula is C11H11ClFNO. The third-order valence-corrected chi connectivity index (χ3v) is 2.80. The van der Waals surface area contributed by atoms with E-state index in [9.17, 15) is 9.18 Å². The molecule has 0 spiro atoms. The van der Waals surface area contributed by atoms with Crippen molar-refractivity contribution in [1.82, 2.24) is 5.32 Å². The summed E-state index contributed by atoms with van der Waals surface area (Å²) in [5.74, 6) is -0.252. The van der Waals surface area contributed by atoms with Crippen molar-refractivity contribution in [2.75, 3.05) is 0 Å². The monoisotopic (exact) mass is 227 g/mol. The van der Waals surface area contributed by atoms with E-state index < -0.39 is 0 Å². The topological polar surface area (TPSA) is 29.1 Å². The first-order chi connectivity index (χ1) is 7.15. The smallest absolute Gasteiger partial charge is 0.220 e. The molecule has 1 aromatic carbocycles. The highest BCUT2D eigenvalue weighted by molar-refractivity contribution is 6.30. The standard InChI is InChI=1S/C11H11ClFNO/c12-8-2-1-7(10(13)6-8)5-9-3-4-11(15)14-9/h1-2,6,9H,3-5H2,(H,14,15). The molecule has 1 unspecified atom stereocenters. The van der Waals surface area contributed by atoms with Crippen LogP contribution in [-0.4, -0.2) is 11.9 Å². The maximum absolute atomic E-state index is 13.4.